The van der Waals surface area contributed by atoms with Crippen LogP contribution in [0.25, 0.3) is 0 Å². The van der Waals surface area contributed by atoms with Gasteiger partial charge in [0.05, 0.1) is 11.2 Å². The molecule has 2 nitrogen and oxygen atoms in total. The molecular formula is C7H8FNO. The first-order chi connectivity index (χ1) is 5.90. The fourth-order valence-electron chi connectivity index (χ4n) is 0.606. The van der Waals surface area contributed by atoms with E-state index in [2.05, 4.69) is 4.74 Å². The molecule has 0 bridgehead atoms. The highest BCUT2D eigenvalue weighted by Gasteiger charge is 2.01. The van der Waals surface area contributed by atoms with Gasteiger partial charge in [0.15, 0.2) is 0 Å². The van der Waals surface area contributed by atoms with Crippen LogP contribution in [0.4, 0.5) is 10.1 Å². The van der Waals surface area contributed by atoms with E-state index in [0.29, 0.717) is 0 Å². The summed E-state index contributed by atoms with van der Waals surface area (Å²) in [4.78, 5) is 0. The minimum atomic E-state index is -2.61. The predicted octanol–water partition coefficient (Wildman–Crippen LogP) is 1.42. The Hall–Kier alpha value is -1.25. The number of rotatable bonds is 1. The van der Waals surface area contributed by atoms with Crippen molar-refractivity contribution in [2.45, 2.75) is 0 Å². The molecule has 2 N–H and O–H groups in total. The lowest BCUT2D eigenvalue weighted by atomic mass is 10.3. The van der Waals surface area contributed by atoms with Crippen molar-refractivity contribution in [2.75, 3.05) is 12.8 Å². The van der Waals surface area contributed by atoms with Gasteiger partial charge in [-0.25, -0.2) is 4.39 Å². The van der Waals surface area contributed by atoms with E-state index in [-0.39, 0.29) is 11.4 Å². The molecule has 1 aromatic carbocycles. The Balaban J connectivity index is 2.96. The van der Waals surface area contributed by atoms with E-state index in [1.54, 1.807) is 0 Å². The number of hydrogen-bond donors (Lipinski definition) is 1. The summed E-state index contributed by atoms with van der Waals surface area (Å²) >= 11 is 0. The smallest absolute Gasteiger partial charge is 0.149 e. The van der Waals surface area contributed by atoms with Gasteiger partial charge in [-0.1, -0.05) is 6.07 Å². The van der Waals surface area contributed by atoms with Crippen molar-refractivity contribution in [3.63, 3.8) is 0 Å². The molecule has 0 spiro atoms. The van der Waals surface area contributed by atoms with Crippen LogP contribution >= 0.6 is 0 Å². The average molecular weight is 144 g/mol. The van der Waals surface area contributed by atoms with Gasteiger partial charge in [0.1, 0.15) is 17.3 Å². The van der Waals surface area contributed by atoms with Crippen LogP contribution in [-0.2, 0) is 0 Å². The molecule has 54 valence electrons. The van der Waals surface area contributed by atoms with Crippen LogP contribution in [0.1, 0.15) is 4.11 Å². The average Bonchev–Trinajstić information content (AvgIpc) is 1.96. The monoisotopic (exact) mass is 144 g/mol. The third-order valence-corrected chi connectivity index (χ3v) is 1.12. The Kier molecular flexibility index (Phi) is 0.974. The molecule has 0 heterocycles. The maximum atomic E-state index is 12.8. The van der Waals surface area contributed by atoms with E-state index in [1.165, 1.54) is 12.1 Å². The second kappa shape index (κ2) is 2.56. The first-order valence-electron chi connectivity index (χ1n) is 4.13. The molecule has 0 saturated heterocycles. The fourth-order valence-corrected chi connectivity index (χ4v) is 0.606. The zero-order chi connectivity index (χ0) is 10.1. The molecule has 0 saturated carbocycles. The summed E-state index contributed by atoms with van der Waals surface area (Å²) < 4.78 is 37.5. The Labute approximate surface area is 62.6 Å². The summed E-state index contributed by atoms with van der Waals surface area (Å²) in [5, 5.41) is 0. The third kappa shape index (κ3) is 1.03. The van der Waals surface area contributed by atoms with E-state index < -0.39 is 12.9 Å². The van der Waals surface area contributed by atoms with Crippen LogP contribution in [-0.4, -0.2) is 7.04 Å². The summed E-state index contributed by atoms with van der Waals surface area (Å²) in [6, 6.07) is 3.75. The number of para-hydroxylation sites is 1. The first-order valence-corrected chi connectivity index (χ1v) is 2.63. The molecule has 1 rings (SSSR count). The second-order valence-corrected chi connectivity index (χ2v) is 1.75. The van der Waals surface area contributed by atoms with E-state index in [4.69, 9.17) is 9.85 Å². The topological polar surface area (TPSA) is 35.2 Å². The van der Waals surface area contributed by atoms with Gasteiger partial charge in [0.2, 0.25) is 0 Å². The van der Waals surface area contributed by atoms with E-state index in [0.717, 1.165) is 6.07 Å². The van der Waals surface area contributed by atoms with Crippen LogP contribution in [0.5, 0.6) is 5.75 Å². The summed E-state index contributed by atoms with van der Waals surface area (Å²) in [6.45, 7) is 0. The molecule has 3 heteroatoms. The van der Waals surface area contributed by atoms with Gasteiger partial charge in [0.25, 0.3) is 0 Å². The van der Waals surface area contributed by atoms with E-state index in [1.807, 2.05) is 0 Å². The molecule has 0 fully saturated rings. The van der Waals surface area contributed by atoms with Gasteiger partial charge in [-0.15, -0.1) is 0 Å². The molecule has 0 aromatic heterocycles. The summed E-state index contributed by atoms with van der Waals surface area (Å²) in [5.74, 6) is -0.859. The largest absolute Gasteiger partial charge is 0.494 e. The van der Waals surface area contributed by atoms with Gasteiger partial charge in [-0.2, -0.15) is 0 Å². The Morgan fingerprint density at radius 2 is 2.50 bits per heavy atom. The Morgan fingerprint density at radius 1 is 1.70 bits per heavy atom. The molecule has 0 aliphatic rings. The van der Waals surface area contributed by atoms with Crippen molar-refractivity contribution in [2.24, 2.45) is 0 Å². The Bertz CT molecular complexity index is 313. The zero-order valence-corrected chi connectivity index (χ0v) is 5.10. The van der Waals surface area contributed by atoms with Crippen molar-refractivity contribution in [1.29, 1.82) is 0 Å². The number of nitrogens with two attached hydrogens (primary N) is 1. The molecule has 0 aliphatic carbocycles. The number of nitrogen functional groups attached to an aromatic ring is 1. The minimum absolute atomic E-state index is 0.167. The van der Waals surface area contributed by atoms with Crippen LogP contribution < -0.4 is 10.5 Å². The van der Waals surface area contributed by atoms with Crippen molar-refractivity contribution in [3.8, 4) is 5.75 Å². The molecule has 0 atom stereocenters. The van der Waals surface area contributed by atoms with Crippen molar-refractivity contribution in [3.05, 3.63) is 24.0 Å². The van der Waals surface area contributed by atoms with Crippen molar-refractivity contribution >= 4 is 5.69 Å². The van der Waals surface area contributed by atoms with Gasteiger partial charge in [-0.3, -0.25) is 0 Å². The maximum Gasteiger partial charge on any atom is 0.149 e. The summed E-state index contributed by atoms with van der Waals surface area (Å²) in [7, 11) is -2.61. The fraction of sp³-hybridized carbons (Fsp3) is 0.143. The first kappa shape index (κ1) is 3.81. The van der Waals surface area contributed by atoms with Gasteiger partial charge < -0.3 is 10.5 Å². The maximum absolute atomic E-state index is 12.8. The molecular weight excluding hydrogens is 133 g/mol. The number of benzene rings is 1. The molecule has 0 aliphatic heterocycles. The van der Waals surface area contributed by atoms with Crippen LogP contribution in [0.15, 0.2) is 18.2 Å². The number of anilines is 1. The number of ether oxygens (including phenoxy) is 1. The molecule has 0 radical (unpaired) electrons. The lowest BCUT2D eigenvalue weighted by molar-refractivity contribution is 0.414. The summed E-state index contributed by atoms with van der Waals surface area (Å²) in [5.41, 5.74) is 4.95. The van der Waals surface area contributed by atoms with Crippen LogP contribution in [0.3, 0.4) is 0 Å². The summed E-state index contributed by atoms with van der Waals surface area (Å²) in [6.07, 6.45) is 0. The van der Waals surface area contributed by atoms with Crippen molar-refractivity contribution < 1.29 is 13.2 Å². The molecule has 10 heavy (non-hydrogen) atoms. The van der Waals surface area contributed by atoms with Crippen LogP contribution in [0.2, 0.25) is 0 Å². The lowest BCUT2D eigenvalue weighted by Crippen LogP contribution is -1.94. The highest BCUT2D eigenvalue weighted by Crippen LogP contribution is 2.22. The lowest BCUT2D eigenvalue weighted by Gasteiger charge is -2.02. The normalized spacial score (nSPS) is 15.1. The molecule has 1 aromatic rings. The number of methoxy groups -OCH3 is 1. The van der Waals surface area contributed by atoms with E-state index >= 15 is 0 Å². The highest BCUT2D eigenvalue weighted by atomic mass is 19.1. The van der Waals surface area contributed by atoms with E-state index in [9.17, 15) is 4.39 Å². The molecule has 0 amide bonds. The zero-order valence-electron chi connectivity index (χ0n) is 8.10. The van der Waals surface area contributed by atoms with Crippen molar-refractivity contribution in [1.82, 2.24) is 0 Å². The van der Waals surface area contributed by atoms with Gasteiger partial charge >= 0.3 is 0 Å². The third-order valence-electron chi connectivity index (χ3n) is 1.12. The van der Waals surface area contributed by atoms with Crippen LogP contribution in [0, 0.1) is 5.82 Å². The Morgan fingerprint density at radius 3 is 3.20 bits per heavy atom. The molecule has 0 unspecified atom stereocenters. The minimum Gasteiger partial charge on any atom is -0.494 e. The SMILES string of the molecule is [2H]C([2H])([2H])Oc1cccc(F)c1N. The predicted molar refractivity (Wildman–Crippen MR) is 37.4 cm³/mol. The number of hydrogen-bond acceptors (Lipinski definition) is 2. The second-order valence-electron chi connectivity index (χ2n) is 1.75. The number of halogens is 1. The van der Waals surface area contributed by atoms with Gasteiger partial charge in [0, 0.05) is 0 Å². The quantitative estimate of drug-likeness (QED) is 0.605. The van der Waals surface area contributed by atoms with Gasteiger partial charge in [-0.05, 0) is 12.1 Å². The standard InChI is InChI=1S/C7H8FNO/c1-10-6-4-2-3-5(8)7(6)9/h2-4H,9H2,1H3/i1D3. The highest BCUT2D eigenvalue weighted by molar-refractivity contribution is 5.52.